The Labute approximate surface area is 294 Å². The lowest BCUT2D eigenvalue weighted by Gasteiger charge is -2.19. The van der Waals surface area contributed by atoms with Crippen molar-refractivity contribution in [2.45, 2.75) is 13.8 Å². The Morgan fingerprint density at radius 2 is 1.45 bits per heavy atom. The molecule has 0 unspecified atom stereocenters. The lowest BCUT2D eigenvalue weighted by Crippen LogP contribution is -2.25. The number of hydrogen-bond donors (Lipinski definition) is 3. The highest BCUT2D eigenvalue weighted by Crippen LogP contribution is 2.40. The molecule has 9 rings (SSSR count). The zero-order chi connectivity index (χ0) is 34.7. The Bertz CT molecular complexity index is 2690. The van der Waals surface area contributed by atoms with E-state index in [1.165, 1.54) is 0 Å². The van der Waals surface area contributed by atoms with Crippen LogP contribution in [0.2, 0.25) is 0 Å². The molecule has 0 fully saturated rings. The molecule has 4 aromatic heterocycles. The standard InChI is InChI=1S/C41H28N6O2.C2H6/c1-42-21-22-43-34-10-4-2-3-9-30(34)31-17-20-45-39-33-25-27(13-15-37(33)49-41(31)39)29-16-19-44-38-32-24-26(12-14-36(32)48-40(29)38)28-8-5-6-11-35(28)47-23-7-18-46-47;1-2/h2-3,5-6,8-25,42-43,46H,1H3;1-2H3/b22-21-;. The molecule has 2 aliphatic rings. The van der Waals surface area contributed by atoms with Crippen LogP contribution in [0.5, 0.6) is 0 Å². The third-order valence-corrected chi connectivity index (χ3v) is 8.73. The molecule has 0 bridgehead atoms. The Kier molecular flexibility index (Phi) is 8.28. The van der Waals surface area contributed by atoms with Gasteiger partial charge in [-0.1, -0.05) is 62.1 Å². The summed E-state index contributed by atoms with van der Waals surface area (Å²) in [7, 11) is 1.86. The number of aromatic nitrogens is 2. The van der Waals surface area contributed by atoms with Gasteiger partial charge in [0.15, 0.2) is 11.2 Å². The van der Waals surface area contributed by atoms with Crippen molar-refractivity contribution in [3.8, 4) is 22.3 Å². The van der Waals surface area contributed by atoms with E-state index in [2.05, 4.69) is 70.0 Å². The van der Waals surface area contributed by atoms with Crippen LogP contribution in [0, 0.1) is 0 Å². The van der Waals surface area contributed by atoms with Gasteiger partial charge in [-0.3, -0.25) is 20.4 Å². The molecule has 7 aromatic rings. The summed E-state index contributed by atoms with van der Waals surface area (Å²) in [5.41, 5.74) is 22.0. The van der Waals surface area contributed by atoms with Crippen LogP contribution in [0.1, 0.15) is 19.4 Å². The van der Waals surface area contributed by atoms with Crippen LogP contribution in [-0.2, 0) is 0 Å². The highest BCUT2D eigenvalue weighted by molar-refractivity contribution is 6.11. The molecule has 0 spiro atoms. The van der Waals surface area contributed by atoms with E-state index in [9.17, 15) is 0 Å². The first kappa shape index (κ1) is 31.3. The number of anilines is 1. The van der Waals surface area contributed by atoms with E-state index < -0.39 is 0 Å². The molecule has 8 nitrogen and oxygen atoms in total. The largest absolute Gasteiger partial charge is 0.454 e. The van der Waals surface area contributed by atoms with E-state index in [-0.39, 0.29) is 0 Å². The number of benzene rings is 3. The van der Waals surface area contributed by atoms with E-state index in [0.29, 0.717) is 5.58 Å². The molecule has 0 saturated carbocycles. The maximum Gasteiger partial charge on any atom is 0.161 e. The predicted molar refractivity (Wildman–Crippen MR) is 207 cm³/mol. The van der Waals surface area contributed by atoms with Crippen molar-refractivity contribution in [2.75, 3.05) is 12.1 Å². The highest BCUT2D eigenvalue weighted by Gasteiger charge is 2.20. The molecular weight excluding hydrogens is 633 g/mol. The van der Waals surface area contributed by atoms with Gasteiger partial charge in [0.1, 0.15) is 22.2 Å². The minimum absolute atomic E-state index is 0.716. The summed E-state index contributed by atoms with van der Waals surface area (Å²) < 4.78 is 13.0. The van der Waals surface area contributed by atoms with Crippen LogP contribution in [0.15, 0.2) is 160 Å². The molecule has 5 heterocycles. The summed E-state index contributed by atoms with van der Waals surface area (Å²) in [6.45, 7) is 4.00. The number of rotatable bonds is 7. The Balaban J connectivity index is 0.00000184. The predicted octanol–water partition coefficient (Wildman–Crippen LogP) is 9.86. The molecule has 248 valence electrons. The Hall–Kier alpha value is -6.98. The number of hydrogen-bond acceptors (Lipinski definition) is 8. The van der Waals surface area contributed by atoms with Gasteiger partial charge in [0.25, 0.3) is 0 Å². The number of pyridine rings is 2. The van der Waals surface area contributed by atoms with Gasteiger partial charge >= 0.3 is 0 Å². The average molecular weight is 667 g/mol. The third kappa shape index (κ3) is 5.57. The zero-order valence-electron chi connectivity index (χ0n) is 28.4. The second-order valence-corrected chi connectivity index (χ2v) is 11.6. The van der Waals surface area contributed by atoms with Crippen molar-refractivity contribution < 1.29 is 8.83 Å². The van der Waals surface area contributed by atoms with Crippen LogP contribution in [0.4, 0.5) is 5.69 Å². The number of nitrogens with zero attached hydrogens (tertiary/aromatic N) is 3. The fourth-order valence-electron chi connectivity index (χ4n) is 6.48. The van der Waals surface area contributed by atoms with Crippen molar-refractivity contribution in [3.63, 3.8) is 0 Å². The summed E-state index contributed by atoms with van der Waals surface area (Å²) in [5, 5.41) is 10.2. The number of nitrogens with one attached hydrogen (secondary N) is 3. The molecular formula is C43H34N6O2. The van der Waals surface area contributed by atoms with E-state index in [1.807, 2.05) is 112 Å². The van der Waals surface area contributed by atoms with Gasteiger partial charge < -0.3 is 19.5 Å². The molecule has 1 aliphatic heterocycles. The van der Waals surface area contributed by atoms with Crippen LogP contribution in [-0.4, -0.2) is 17.0 Å². The second-order valence-electron chi connectivity index (χ2n) is 11.6. The SMILES string of the molecule is CC.CN/C=C\NC1=C(c2ccnc3c2oc2ccc(-c4ccnc5c4oc4ccc(-c6ccccc6N6C=C=CN6)cc45)cc23)C=CC=C=C1. The third-order valence-electron chi connectivity index (χ3n) is 8.73. The van der Waals surface area contributed by atoms with Crippen molar-refractivity contribution in [1.29, 1.82) is 0 Å². The van der Waals surface area contributed by atoms with Crippen LogP contribution < -0.4 is 21.1 Å². The highest BCUT2D eigenvalue weighted by atomic mass is 16.3. The zero-order valence-corrected chi connectivity index (χ0v) is 28.4. The Morgan fingerprint density at radius 3 is 2.16 bits per heavy atom. The van der Waals surface area contributed by atoms with Crippen LogP contribution in [0.25, 0.3) is 72.0 Å². The van der Waals surface area contributed by atoms with Crippen molar-refractivity contribution in [1.82, 2.24) is 26.0 Å². The van der Waals surface area contributed by atoms with Crippen LogP contribution in [0.3, 0.4) is 0 Å². The number of hydrazine groups is 1. The fourth-order valence-corrected chi connectivity index (χ4v) is 6.48. The summed E-state index contributed by atoms with van der Waals surface area (Å²) in [4.78, 5) is 9.58. The first-order valence-electron chi connectivity index (χ1n) is 16.9. The molecule has 8 heteroatoms. The first-order valence-corrected chi connectivity index (χ1v) is 16.9. The summed E-state index contributed by atoms with van der Waals surface area (Å²) >= 11 is 0. The number of para-hydroxylation sites is 1. The van der Waals surface area contributed by atoms with E-state index in [0.717, 1.165) is 83.3 Å². The lowest BCUT2D eigenvalue weighted by molar-refractivity contribution is 0.666. The minimum atomic E-state index is 0.716. The van der Waals surface area contributed by atoms with Gasteiger partial charge in [0, 0.05) is 71.0 Å². The van der Waals surface area contributed by atoms with Crippen LogP contribution >= 0.6 is 0 Å². The van der Waals surface area contributed by atoms with Gasteiger partial charge in [-0.15, -0.1) is 5.73 Å². The minimum Gasteiger partial charge on any atom is -0.454 e. The first-order chi connectivity index (χ1) is 25.3. The lowest BCUT2D eigenvalue weighted by atomic mass is 10.0. The fraction of sp³-hybridized carbons (Fsp3) is 0.0698. The number of allylic oxidation sites excluding steroid dienone is 4. The van der Waals surface area contributed by atoms with Gasteiger partial charge in [-0.2, -0.15) is 0 Å². The second kappa shape index (κ2) is 13.5. The smallest absolute Gasteiger partial charge is 0.161 e. The summed E-state index contributed by atoms with van der Waals surface area (Å²) in [6.07, 6.45) is 18.9. The topological polar surface area (TPSA) is 91.4 Å². The van der Waals surface area contributed by atoms with Gasteiger partial charge in [0.2, 0.25) is 0 Å². The summed E-state index contributed by atoms with van der Waals surface area (Å²) in [6, 6.07) is 24.7. The normalized spacial score (nSPS) is 13.5. The maximum absolute atomic E-state index is 6.51. The van der Waals surface area contributed by atoms with E-state index in [4.69, 9.17) is 18.8 Å². The van der Waals surface area contributed by atoms with Gasteiger partial charge in [0.05, 0.1) is 23.8 Å². The molecule has 3 N–H and O–H groups in total. The van der Waals surface area contributed by atoms with Gasteiger partial charge in [-0.05, 0) is 59.7 Å². The molecule has 3 aromatic carbocycles. The van der Waals surface area contributed by atoms with Crippen molar-refractivity contribution >= 4 is 55.4 Å². The van der Waals surface area contributed by atoms with Crippen molar-refractivity contribution in [3.05, 3.63) is 157 Å². The van der Waals surface area contributed by atoms with Crippen molar-refractivity contribution in [2.24, 2.45) is 0 Å². The molecule has 0 saturated heterocycles. The number of fused-ring (bicyclic) bond motifs is 6. The molecule has 0 atom stereocenters. The van der Waals surface area contributed by atoms with Gasteiger partial charge in [-0.25, -0.2) is 0 Å². The van der Waals surface area contributed by atoms with E-state index in [1.54, 1.807) is 6.20 Å². The Morgan fingerprint density at radius 1 is 0.765 bits per heavy atom. The molecule has 0 amide bonds. The monoisotopic (exact) mass is 666 g/mol. The number of furan rings is 2. The molecule has 1 aliphatic carbocycles. The molecule has 51 heavy (non-hydrogen) atoms. The quantitative estimate of drug-likeness (QED) is 0.145. The molecule has 0 radical (unpaired) electrons. The summed E-state index contributed by atoms with van der Waals surface area (Å²) in [5.74, 6) is 0. The maximum atomic E-state index is 6.51. The average Bonchev–Trinajstić information content (AvgIpc) is 3.90. The van der Waals surface area contributed by atoms with E-state index >= 15 is 0 Å².